The van der Waals surface area contributed by atoms with E-state index >= 15 is 0 Å². The van der Waals surface area contributed by atoms with Crippen LogP contribution >= 0.6 is 0 Å². The number of aromatic nitrogens is 5. The molecule has 0 aliphatic carbocycles. The molecular weight excluding hydrogens is 470 g/mol. The number of aliphatic hydroxyl groups excluding tert-OH is 1. The van der Waals surface area contributed by atoms with Gasteiger partial charge in [0.1, 0.15) is 5.82 Å². The van der Waals surface area contributed by atoms with E-state index in [0.717, 1.165) is 16.8 Å². The number of benzene rings is 2. The van der Waals surface area contributed by atoms with Gasteiger partial charge in [0.15, 0.2) is 6.33 Å². The van der Waals surface area contributed by atoms with E-state index in [2.05, 4.69) is 39.6 Å². The Morgan fingerprint density at radius 2 is 1.89 bits per heavy atom. The van der Waals surface area contributed by atoms with Crippen LogP contribution in [0.5, 0.6) is 0 Å². The molecule has 0 spiro atoms. The third-order valence-electron chi connectivity index (χ3n) is 6.24. The Bertz CT molecular complexity index is 1560. The lowest BCUT2D eigenvalue weighted by molar-refractivity contribution is 0.276. The van der Waals surface area contributed by atoms with Crippen molar-refractivity contribution in [3.63, 3.8) is 0 Å². The third kappa shape index (κ3) is 4.70. The van der Waals surface area contributed by atoms with Gasteiger partial charge in [-0.25, -0.2) is 9.67 Å². The van der Waals surface area contributed by atoms with Crippen molar-refractivity contribution >= 4 is 28.1 Å². The highest BCUT2D eigenvalue weighted by molar-refractivity contribution is 5.84. The Kier molecular flexibility index (Phi) is 6.74. The fourth-order valence-electron chi connectivity index (χ4n) is 4.56. The first kappa shape index (κ1) is 24.3. The summed E-state index contributed by atoms with van der Waals surface area (Å²) in [7, 11) is 0. The van der Waals surface area contributed by atoms with Crippen LogP contribution in [0.4, 0.5) is 17.2 Å². The van der Waals surface area contributed by atoms with Crippen LogP contribution in [0.2, 0.25) is 0 Å². The first-order valence-electron chi connectivity index (χ1n) is 12.2. The second-order valence-corrected chi connectivity index (χ2v) is 8.97. The van der Waals surface area contributed by atoms with Gasteiger partial charge in [-0.1, -0.05) is 35.5 Å². The van der Waals surface area contributed by atoms with Crippen LogP contribution in [0, 0.1) is 0 Å². The standard InChI is InChI=1S/C27H29N7O3/c1-4-33-27(36)20-11-10-19(12-24(20)34(33)17(2)3)31-25-13-22(21(14-28-25)26-29-16-30-37-26)32-23(15-35)18-8-6-5-7-9-18/h5-14,16-17,23,35H,4,15H2,1-3H3,(H2,28,31,32)/t23-/m1/s1. The normalized spacial score (nSPS) is 12.2. The van der Waals surface area contributed by atoms with Crippen LogP contribution in [0.25, 0.3) is 22.4 Å². The number of anilines is 3. The molecule has 1 atom stereocenters. The van der Waals surface area contributed by atoms with Gasteiger partial charge < -0.3 is 20.3 Å². The molecule has 0 aliphatic heterocycles. The van der Waals surface area contributed by atoms with Crippen LogP contribution in [0.3, 0.4) is 0 Å². The summed E-state index contributed by atoms with van der Waals surface area (Å²) in [5.74, 6) is 0.887. The van der Waals surface area contributed by atoms with Crippen molar-refractivity contribution in [2.45, 2.75) is 39.4 Å². The van der Waals surface area contributed by atoms with E-state index in [1.54, 1.807) is 10.9 Å². The number of nitrogens with one attached hydrogen (secondary N) is 2. The zero-order valence-corrected chi connectivity index (χ0v) is 20.9. The molecule has 2 aromatic carbocycles. The Morgan fingerprint density at radius 1 is 1.08 bits per heavy atom. The second-order valence-electron chi connectivity index (χ2n) is 8.97. The van der Waals surface area contributed by atoms with E-state index in [-0.39, 0.29) is 24.2 Å². The molecule has 3 heterocycles. The summed E-state index contributed by atoms with van der Waals surface area (Å²) in [4.78, 5) is 21.6. The summed E-state index contributed by atoms with van der Waals surface area (Å²) in [5, 5.41) is 21.2. The Balaban J connectivity index is 1.52. The molecule has 5 rings (SSSR count). The Labute approximate surface area is 213 Å². The van der Waals surface area contributed by atoms with Crippen LogP contribution in [-0.4, -0.2) is 36.2 Å². The maximum atomic E-state index is 12.9. The number of nitrogens with zero attached hydrogens (tertiary/aromatic N) is 5. The predicted octanol–water partition coefficient (Wildman–Crippen LogP) is 4.74. The highest BCUT2D eigenvalue weighted by atomic mass is 16.5. The molecule has 0 bridgehead atoms. The summed E-state index contributed by atoms with van der Waals surface area (Å²) >= 11 is 0. The van der Waals surface area contributed by atoms with Gasteiger partial charge in [0.05, 0.1) is 34.8 Å². The van der Waals surface area contributed by atoms with Crippen molar-refractivity contribution in [2.75, 3.05) is 17.2 Å². The van der Waals surface area contributed by atoms with Gasteiger partial charge in [-0.2, -0.15) is 4.98 Å². The summed E-state index contributed by atoms with van der Waals surface area (Å²) in [6, 6.07) is 17.0. The van der Waals surface area contributed by atoms with E-state index in [1.165, 1.54) is 6.33 Å². The molecule has 37 heavy (non-hydrogen) atoms. The molecule has 0 saturated heterocycles. The number of pyridine rings is 1. The van der Waals surface area contributed by atoms with Crippen molar-refractivity contribution in [1.82, 2.24) is 24.5 Å². The molecule has 190 valence electrons. The van der Waals surface area contributed by atoms with E-state index in [1.807, 2.05) is 66.2 Å². The van der Waals surface area contributed by atoms with Crippen molar-refractivity contribution in [3.8, 4) is 11.5 Å². The maximum absolute atomic E-state index is 12.9. The van der Waals surface area contributed by atoms with Gasteiger partial charge in [0, 0.05) is 30.5 Å². The fourth-order valence-corrected chi connectivity index (χ4v) is 4.56. The van der Waals surface area contributed by atoms with E-state index in [4.69, 9.17) is 4.52 Å². The molecule has 0 amide bonds. The first-order valence-corrected chi connectivity index (χ1v) is 12.2. The molecular formula is C27H29N7O3. The average Bonchev–Trinajstić information content (AvgIpc) is 3.54. The number of aliphatic hydroxyl groups is 1. The van der Waals surface area contributed by atoms with Gasteiger partial charge in [-0.15, -0.1) is 0 Å². The molecule has 10 nitrogen and oxygen atoms in total. The Morgan fingerprint density at radius 3 is 2.57 bits per heavy atom. The van der Waals surface area contributed by atoms with Crippen molar-refractivity contribution in [1.29, 1.82) is 0 Å². The van der Waals surface area contributed by atoms with Crippen LogP contribution < -0.4 is 16.2 Å². The van der Waals surface area contributed by atoms with Crippen molar-refractivity contribution in [2.24, 2.45) is 0 Å². The van der Waals surface area contributed by atoms with Crippen LogP contribution in [-0.2, 0) is 6.54 Å². The molecule has 10 heteroatoms. The van der Waals surface area contributed by atoms with Crippen LogP contribution in [0.15, 0.2) is 76.4 Å². The van der Waals surface area contributed by atoms with E-state index in [9.17, 15) is 9.90 Å². The van der Waals surface area contributed by atoms with Gasteiger partial charge in [0.2, 0.25) is 0 Å². The van der Waals surface area contributed by atoms with Crippen LogP contribution in [0.1, 0.15) is 38.4 Å². The molecule has 0 unspecified atom stereocenters. The SMILES string of the molecule is CCn1c(=O)c2ccc(Nc3cc(N[C@H](CO)c4ccccc4)c(-c4ncno4)cn3)cc2n1C(C)C. The minimum absolute atomic E-state index is 0.00206. The van der Waals surface area contributed by atoms with E-state index < -0.39 is 0 Å². The molecule has 0 fully saturated rings. The second kappa shape index (κ2) is 10.3. The highest BCUT2D eigenvalue weighted by Crippen LogP contribution is 2.32. The quantitative estimate of drug-likeness (QED) is 0.266. The molecule has 0 aliphatic rings. The van der Waals surface area contributed by atoms with Gasteiger partial charge in [-0.05, 0) is 44.5 Å². The zero-order valence-electron chi connectivity index (χ0n) is 20.9. The molecule has 0 saturated carbocycles. The maximum Gasteiger partial charge on any atom is 0.274 e. The van der Waals surface area contributed by atoms with Gasteiger partial charge in [0.25, 0.3) is 11.4 Å². The predicted molar refractivity (Wildman–Crippen MR) is 143 cm³/mol. The molecule has 3 aromatic heterocycles. The Hall–Kier alpha value is -4.44. The minimum atomic E-state index is -0.358. The smallest absolute Gasteiger partial charge is 0.274 e. The van der Waals surface area contributed by atoms with Crippen molar-refractivity contribution in [3.05, 3.63) is 83.0 Å². The lowest BCUT2D eigenvalue weighted by Gasteiger charge is -2.20. The molecule has 0 radical (unpaired) electrons. The number of fused-ring (bicyclic) bond motifs is 1. The number of hydrogen-bond acceptors (Lipinski definition) is 8. The summed E-state index contributed by atoms with van der Waals surface area (Å²) < 4.78 is 9.07. The zero-order chi connectivity index (χ0) is 25.9. The molecule has 5 aromatic rings. The topological polar surface area (TPSA) is 123 Å². The summed E-state index contributed by atoms with van der Waals surface area (Å²) in [6.45, 7) is 6.57. The van der Waals surface area contributed by atoms with Crippen molar-refractivity contribution < 1.29 is 9.63 Å². The lowest BCUT2D eigenvalue weighted by Crippen LogP contribution is -2.23. The highest BCUT2D eigenvalue weighted by Gasteiger charge is 2.18. The summed E-state index contributed by atoms with van der Waals surface area (Å²) in [6.07, 6.45) is 2.98. The average molecular weight is 500 g/mol. The van der Waals surface area contributed by atoms with E-state index in [0.29, 0.717) is 34.9 Å². The first-order chi connectivity index (χ1) is 18.0. The lowest BCUT2D eigenvalue weighted by atomic mass is 10.1. The fraction of sp³-hybridized carbons (Fsp3) is 0.259. The molecule has 3 N–H and O–H groups in total. The number of rotatable bonds is 9. The monoisotopic (exact) mass is 499 g/mol. The minimum Gasteiger partial charge on any atom is -0.394 e. The van der Waals surface area contributed by atoms with Gasteiger partial charge in [-0.3, -0.25) is 9.48 Å². The third-order valence-corrected chi connectivity index (χ3v) is 6.24. The largest absolute Gasteiger partial charge is 0.394 e. The number of hydrogen-bond donors (Lipinski definition) is 3. The van der Waals surface area contributed by atoms with Gasteiger partial charge >= 0.3 is 0 Å². The summed E-state index contributed by atoms with van der Waals surface area (Å²) in [5.41, 5.74) is 3.87.